The summed E-state index contributed by atoms with van der Waals surface area (Å²) in [6, 6.07) is 0. The quantitative estimate of drug-likeness (QED) is 0.0222. The van der Waals surface area contributed by atoms with Crippen LogP contribution in [0.25, 0.3) is 0 Å². The Bertz CT molecular complexity index is 1630. The van der Waals surface area contributed by atoms with Gasteiger partial charge in [0.15, 0.2) is 12.2 Å². The van der Waals surface area contributed by atoms with Crippen molar-refractivity contribution in [3.8, 4) is 0 Å². The van der Waals surface area contributed by atoms with Crippen molar-refractivity contribution in [2.45, 2.75) is 336 Å². The van der Waals surface area contributed by atoms with Gasteiger partial charge in [-0.15, -0.1) is 0 Å². The van der Waals surface area contributed by atoms with E-state index in [1.165, 1.54) is 128 Å². The molecule has 0 aromatic carbocycles. The van der Waals surface area contributed by atoms with Gasteiger partial charge >= 0.3 is 39.5 Å². The van der Waals surface area contributed by atoms with E-state index < -0.39 is 97.5 Å². The molecule has 0 spiro atoms. The first-order valence-electron chi connectivity index (χ1n) is 33.5. The fourth-order valence-corrected chi connectivity index (χ4v) is 11.1. The number of rotatable bonds is 63. The molecule has 17 nitrogen and oxygen atoms in total. The van der Waals surface area contributed by atoms with E-state index in [0.717, 1.165) is 108 Å². The third-order valence-electron chi connectivity index (χ3n) is 15.1. The number of carbonyl (C=O) groups is 4. The average molecular weight is 1230 g/mol. The predicted molar refractivity (Wildman–Crippen MR) is 331 cm³/mol. The highest BCUT2D eigenvalue weighted by atomic mass is 31.2. The molecule has 0 aliphatic rings. The van der Waals surface area contributed by atoms with Crippen molar-refractivity contribution in [3.63, 3.8) is 0 Å². The molecule has 0 radical (unpaired) electrons. The molecule has 492 valence electrons. The third kappa shape index (κ3) is 57.6. The van der Waals surface area contributed by atoms with Crippen molar-refractivity contribution in [1.82, 2.24) is 0 Å². The molecule has 0 aromatic heterocycles. The van der Waals surface area contributed by atoms with Crippen molar-refractivity contribution >= 4 is 39.5 Å². The lowest BCUT2D eigenvalue weighted by Gasteiger charge is -2.21. The van der Waals surface area contributed by atoms with Gasteiger partial charge in [0.25, 0.3) is 0 Å². The maximum absolute atomic E-state index is 13.0. The largest absolute Gasteiger partial charge is 0.472 e. The maximum atomic E-state index is 13.0. The van der Waals surface area contributed by atoms with E-state index >= 15 is 0 Å². The molecular weight excluding hydrogens is 1100 g/mol. The van der Waals surface area contributed by atoms with Crippen molar-refractivity contribution < 1.29 is 80.2 Å². The van der Waals surface area contributed by atoms with Crippen LogP contribution in [0.15, 0.2) is 0 Å². The van der Waals surface area contributed by atoms with Gasteiger partial charge in [0.05, 0.1) is 26.4 Å². The summed E-state index contributed by atoms with van der Waals surface area (Å²) in [6.45, 7) is 9.43. The normalized spacial score (nSPS) is 14.6. The number of carbonyl (C=O) groups excluding carboxylic acids is 4. The lowest BCUT2D eigenvalue weighted by atomic mass is 9.99. The summed E-state index contributed by atoms with van der Waals surface area (Å²) in [5.74, 6) is -0.558. The monoisotopic (exact) mass is 1230 g/mol. The van der Waals surface area contributed by atoms with Gasteiger partial charge in [-0.2, -0.15) is 0 Å². The lowest BCUT2D eigenvalue weighted by Crippen LogP contribution is -2.30. The number of phosphoric acid groups is 2. The fraction of sp³-hybridized carbons (Fsp3) is 0.938. The van der Waals surface area contributed by atoms with Crippen LogP contribution < -0.4 is 0 Å². The van der Waals surface area contributed by atoms with Gasteiger partial charge in [-0.3, -0.25) is 37.3 Å². The summed E-state index contributed by atoms with van der Waals surface area (Å²) in [5.41, 5.74) is 0. The minimum atomic E-state index is -4.94. The first-order chi connectivity index (χ1) is 39.9. The minimum absolute atomic E-state index is 0.105. The van der Waals surface area contributed by atoms with Crippen molar-refractivity contribution in [2.24, 2.45) is 11.8 Å². The van der Waals surface area contributed by atoms with Crippen LogP contribution in [0.3, 0.4) is 0 Å². The summed E-state index contributed by atoms with van der Waals surface area (Å²) >= 11 is 0. The third-order valence-corrected chi connectivity index (χ3v) is 17.0. The number of ether oxygens (including phenoxy) is 4. The maximum Gasteiger partial charge on any atom is 0.472 e. The van der Waals surface area contributed by atoms with Crippen LogP contribution in [0.2, 0.25) is 0 Å². The number of aliphatic hydroxyl groups excluding tert-OH is 1. The molecule has 0 fully saturated rings. The van der Waals surface area contributed by atoms with E-state index in [1.807, 2.05) is 0 Å². The first kappa shape index (κ1) is 81.1. The Balaban J connectivity index is 5.18. The van der Waals surface area contributed by atoms with E-state index in [-0.39, 0.29) is 25.7 Å². The molecule has 0 rings (SSSR count). The van der Waals surface area contributed by atoms with Crippen LogP contribution in [0.5, 0.6) is 0 Å². The topological polar surface area (TPSA) is 237 Å². The number of phosphoric ester groups is 2. The predicted octanol–water partition coefficient (Wildman–Crippen LogP) is 17.7. The van der Waals surface area contributed by atoms with Crippen LogP contribution in [0.4, 0.5) is 0 Å². The molecule has 83 heavy (non-hydrogen) atoms. The average Bonchev–Trinajstić information content (AvgIpc) is 3.46. The molecule has 0 heterocycles. The Hall–Kier alpha value is -1.94. The minimum Gasteiger partial charge on any atom is -0.462 e. The molecule has 3 unspecified atom stereocenters. The van der Waals surface area contributed by atoms with Crippen molar-refractivity contribution in [1.29, 1.82) is 0 Å². The first-order valence-corrected chi connectivity index (χ1v) is 36.5. The highest BCUT2D eigenvalue weighted by Crippen LogP contribution is 2.45. The van der Waals surface area contributed by atoms with E-state index in [1.54, 1.807) is 0 Å². The molecule has 0 aliphatic heterocycles. The molecule has 19 heteroatoms. The van der Waals surface area contributed by atoms with Gasteiger partial charge in [0.1, 0.15) is 19.3 Å². The smallest absolute Gasteiger partial charge is 0.462 e. The Morgan fingerprint density at radius 3 is 0.916 bits per heavy atom. The molecule has 0 amide bonds. The molecule has 3 N–H and O–H groups in total. The Labute approximate surface area is 505 Å². The molecular formula is C64H124O17P2. The van der Waals surface area contributed by atoms with Crippen LogP contribution in [-0.2, 0) is 65.4 Å². The fourth-order valence-electron chi connectivity index (χ4n) is 9.50. The van der Waals surface area contributed by atoms with E-state index in [4.69, 9.17) is 37.0 Å². The van der Waals surface area contributed by atoms with Crippen molar-refractivity contribution in [2.75, 3.05) is 39.6 Å². The summed E-state index contributed by atoms with van der Waals surface area (Å²) in [6.07, 6.45) is 39.2. The van der Waals surface area contributed by atoms with Gasteiger partial charge < -0.3 is 33.8 Å². The summed E-state index contributed by atoms with van der Waals surface area (Å²) in [7, 11) is -9.88. The molecule has 6 atom stereocenters. The zero-order chi connectivity index (χ0) is 61.5. The molecule has 0 bridgehead atoms. The van der Waals surface area contributed by atoms with Gasteiger partial charge in [0, 0.05) is 25.7 Å². The molecule has 0 aliphatic carbocycles. The Morgan fingerprint density at radius 1 is 0.349 bits per heavy atom. The number of hydrogen-bond acceptors (Lipinski definition) is 15. The van der Waals surface area contributed by atoms with Crippen LogP contribution in [-0.4, -0.2) is 96.7 Å². The van der Waals surface area contributed by atoms with Gasteiger partial charge in [-0.1, -0.05) is 266 Å². The van der Waals surface area contributed by atoms with Gasteiger partial charge in [0.2, 0.25) is 0 Å². The second-order valence-electron chi connectivity index (χ2n) is 23.9. The summed E-state index contributed by atoms with van der Waals surface area (Å²) in [5, 5.41) is 10.5. The van der Waals surface area contributed by atoms with Gasteiger partial charge in [-0.25, -0.2) is 9.13 Å². The standard InChI is InChI=1S/C64H124O17P2/c1-7-10-12-14-15-22-30-36-42-48-63(68)80-59(52-74-61(66)46-40-32-13-11-8-2)54-78-82(70,71)76-50-58(65)51-77-83(72,73)79-55-60(53-75-62(67)47-41-35-29-25-21-20-24-28-34-39-45-57(6)9-3)81-64(69)49-43-37-31-26-19-17-16-18-23-27-33-38-44-56(4)5/h56-60,65H,7-55H2,1-6H3,(H,70,71)(H,72,73)/t57?,58-,59+,60+/m0/s1. The van der Waals surface area contributed by atoms with Crippen LogP contribution >= 0.6 is 15.6 Å². The Kier molecular flexibility index (Phi) is 55.2. The second-order valence-corrected chi connectivity index (χ2v) is 26.8. The molecule has 0 saturated carbocycles. The summed E-state index contributed by atoms with van der Waals surface area (Å²) in [4.78, 5) is 71.9. The molecule has 0 saturated heterocycles. The van der Waals surface area contributed by atoms with E-state index in [9.17, 15) is 43.2 Å². The number of aliphatic hydroxyl groups is 1. The number of esters is 4. The van der Waals surface area contributed by atoms with Crippen LogP contribution in [0.1, 0.15) is 318 Å². The van der Waals surface area contributed by atoms with E-state index in [2.05, 4.69) is 41.5 Å². The van der Waals surface area contributed by atoms with Crippen LogP contribution in [0, 0.1) is 11.8 Å². The lowest BCUT2D eigenvalue weighted by molar-refractivity contribution is -0.161. The highest BCUT2D eigenvalue weighted by molar-refractivity contribution is 7.47. The van der Waals surface area contributed by atoms with Crippen molar-refractivity contribution in [3.05, 3.63) is 0 Å². The SMILES string of the molecule is CCCCCCCCCCCC(=O)O[C@H](COC(=O)CCCCCCC)COP(=O)(O)OC[C@H](O)COP(=O)(O)OC[C@@H](COC(=O)CCCCCCCCCCCCC(C)CC)OC(=O)CCCCCCCCCCCCCCC(C)C. The van der Waals surface area contributed by atoms with Gasteiger partial charge in [-0.05, 0) is 37.5 Å². The Morgan fingerprint density at radius 2 is 0.614 bits per heavy atom. The second kappa shape index (κ2) is 56.6. The number of hydrogen-bond donors (Lipinski definition) is 3. The zero-order valence-electron chi connectivity index (χ0n) is 53.5. The zero-order valence-corrected chi connectivity index (χ0v) is 55.3. The van der Waals surface area contributed by atoms with E-state index in [0.29, 0.717) is 25.7 Å². The molecule has 0 aromatic rings. The highest BCUT2D eigenvalue weighted by Gasteiger charge is 2.30. The summed E-state index contributed by atoms with van der Waals surface area (Å²) < 4.78 is 67.8. The number of unbranched alkanes of at least 4 members (excludes halogenated alkanes) is 32.